The van der Waals surface area contributed by atoms with Crippen molar-refractivity contribution >= 4 is 15.9 Å². The predicted octanol–water partition coefficient (Wildman–Crippen LogP) is 1.62. The molecule has 2 unspecified atom stereocenters. The van der Waals surface area contributed by atoms with Crippen molar-refractivity contribution in [3.63, 3.8) is 0 Å². The molecule has 1 saturated heterocycles. The Morgan fingerprint density at radius 3 is 2.29 bits per heavy atom. The van der Waals surface area contributed by atoms with Crippen LogP contribution in [0.4, 0.5) is 0 Å². The lowest BCUT2D eigenvalue weighted by atomic mass is 10.2. The van der Waals surface area contributed by atoms with Crippen LogP contribution in [0.1, 0.15) is 37.0 Å². The van der Waals surface area contributed by atoms with E-state index in [1.807, 2.05) is 13.8 Å². The van der Waals surface area contributed by atoms with Gasteiger partial charge in [-0.1, -0.05) is 0 Å². The largest absolute Gasteiger partial charge is 0.373 e. The van der Waals surface area contributed by atoms with Gasteiger partial charge in [-0.25, -0.2) is 8.42 Å². The highest BCUT2D eigenvalue weighted by Gasteiger charge is 2.32. The highest BCUT2D eigenvalue weighted by Crippen LogP contribution is 2.27. The fourth-order valence-corrected chi connectivity index (χ4v) is 4.51. The van der Waals surface area contributed by atoms with Gasteiger partial charge in [0.25, 0.3) is 5.91 Å². The number of benzene rings is 1. The van der Waals surface area contributed by atoms with Gasteiger partial charge in [0, 0.05) is 25.2 Å². The molecule has 0 bridgehead atoms. The van der Waals surface area contributed by atoms with E-state index in [0.29, 0.717) is 31.1 Å². The zero-order chi connectivity index (χ0) is 17.3. The Hall–Kier alpha value is -1.44. The van der Waals surface area contributed by atoms with Crippen molar-refractivity contribution in [1.29, 1.82) is 0 Å². The van der Waals surface area contributed by atoms with Crippen molar-refractivity contribution < 1.29 is 17.9 Å². The molecule has 1 aromatic rings. The van der Waals surface area contributed by atoms with Crippen molar-refractivity contribution in [2.75, 3.05) is 19.6 Å². The summed E-state index contributed by atoms with van der Waals surface area (Å²) in [5.74, 6) is 0.457. The number of ether oxygens (including phenoxy) is 1. The van der Waals surface area contributed by atoms with Gasteiger partial charge in [0.15, 0.2) is 0 Å². The summed E-state index contributed by atoms with van der Waals surface area (Å²) < 4.78 is 32.5. The van der Waals surface area contributed by atoms with E-state index in [1.165, 1.54) is 29.3 Å². The molecule has 0 spiro atoms. The molecule has 2 atom stereocenters. The number of rotatable bonds is 5. The van der Waals surface area contributed by atoms with Crippen LogP contribution < -0.4 is 5.32 Å². The zero-order valence-electron chi connectivity index (χ0n) is 14.1. The molecule has 1 N–H and O–H groups in total. The molecule has 0 aromatic heterocycles. The quantitative estimate of drug-likeness (QED) is 0.874. The Morgan fingerprint density at radius 2 is 1.75 bits per heavy atom. The van der Waals surface area contributed by atoms with Crippen LogP contribution in [0.5, 0.6) is 0 Å². The second kappa shape index (κ2) is 6.82. The van der Waals surface area contributed by atoms with Gasteiger partial charge in [0.2, 0.25) is 10.0 Å². The summed E-state index contributed by atoms with van der Waals surface area (Å²) in [6.07, 6.45) is 2.09. The Balaban J connectivity index is 1.70. The number of morpholine rings is 1. The average molecular weight is 352 g/mol. The normalized spacial score (nSPS) is 25.4. The van der Waals surface area contributed by atoms with Gasteiger partial charge < -0.3 is 10.1 Å². The number of carbonyl (C=O) groups excluding carboxylic acids is 1. The lowest BCUT2D eigenvalue weighted by molar-refractivity contribution is -0.0440. The van der Waals surface area contributed by atoms with E-state index >= 15 is 0 Å². The molecule has 3 rings (SSSR count). The molecule has 7 heteroatoms. The highest BCUT2D eigenvalue weighted by molar-refractivity contribution is 7.89. The van der Waals surface area contributed by atoms with Crippen LogP contribution in [0.3, 0.4) is 0 Å². The summed E-state index contributed by atoms with van der Waals surface area (Å²) in [6.45, 7) is 5.12. The molecule has 1 aliphatic heterocycles. The van der Waals surface area contributed by atoms with Gasteiger partial charge in [-0.15, -0.1) is 0 Å². The Morgan fingerprint density at radius 1 is 1.17 bits per heavy atom. The van der Waals surface area contributed by atoms with Gasteiger partial charge in [0.05, 0.1) is 17.1 Å². The number of hydrogen-bond donors (Lipinski definition) is 1. The molecule has 1 amide bonds. The fourth-order valence-electron chi connectivity index (χ4n) is 2.92. The standard InChI is InChI=1S/C17H24N2O4S/c1-12-10-19(11-13(2)23-12)24(21,22)16-7-5-15(6-8-16)17(20)18-9-14-3-4-14/h5-8,12-14H,3-4,9-11H2,1-2H3,(H,18,20). The number of hydrogen-bond acceptors (Lipinski definition) is 4. The number of carbonyl (C=O) groups is 1. The van der Waals surface area contributed by atoms with Crippen molar-refractivity contribution in [3.05, 3.63) is 29.8 Å². The molecule has 2 fully saturated rings. The van der Waals surface area contributed by atoms with Crippen molar-refractivity contribution in [3.8, 4) is 0 Å². The Kier molecular flexibility index (Phi) is 4.94. The summed E-state index contributed by atoms with van der Waals surface area (Å²) in [5.41, 5.74) is 0.485. The van der Waals surface area contributed by atoms with Gasteiger partial charge in [-0.2, -0.15) is 4.31 Å². The first-order chi connectivity index (χ1) is 11.4. The first-order valence-corrected chi connectivity index (χ1v) is 9.84. The molecule has 132 valence electrons. The molecular weight excluding hydrogens is 328 g/mol. The van der Waals surface area contributed by atoms with E-state index in [-0.39, 0.29) is 23.0 Å². The third-order valence-electron chi connectivity index (χ3n) is 4.39. The van der Waals surface area contributed by atoms with E-state index in [9.17, 15) is 13.2 Å². The number of amides is 1. The van der Waals surface area contributed by atoms with E-state index in [0.717, 1.165) is 0 Å². The maximum atomic E-state index is 12.8. The minimum atomic E-state index is -3.56. The predicted molar refractivity (Wildman–Crippen MR) is 90.3 cm³/mol. The Bertz CT molecular complexity index is 688. The molecule has 6 nitrogen and oxygen atoms in total. The minimum absolute atomic E-state index is 0.129. The van der Waals surface area contributed by atoms with Crippen LogP contribution in [0.25, 0.3) is 0 Å². The number of sulfonamides is 1. The van der Waals surface area contributed by atoms with Gasteiger partial charge in [-0.3, -0.25) is 4.79 Å². The first-order valence-electron chi connectivity index (χ1n) is 8.40. The third kappa shape index (κ3) is 3.96. The fraction of sp³-hybridized carbons (Fsp3) is 0.588. The van der Waals surface area contributed by atoms with Crippen LogP contribution in [-0.2, 0) is 14.8 Å². The first kappa shape index (κ1) is 17.4. The molecule has 1 aromatic carbocycles. The SMILES string of the molecule is CC1CN(S(=O)(=O)c2ccc(C(=O)NCC3CC3)cc2)CC(C)O1. The maximum absolute atomic E-state index is 12.8. The van der Waals surface area contributed by atoms with E-state index in [2.05, 4.69) is 5.32 Å². The second-order valence-electron chi connectivity index (χ2n) is 6.76. The second-order valence-corrected chi connectivity index (χ2v) is 8.70. The van der Waals surface area contributed by atoms with Crippen LogP contribution >= 0.6 is 0 Å². The smallest absolute Gasteiger partial charge is 0.251 e. The number of nitrogens with zero attached hydrogens (tertiary/aromatic N) is 1. The minimum Gasteiger partial charge on any atom is -0.373 e. The van der Waals surface area contributed by atoms with Crippen LogP contribution in [0, 0.1) is 5.92 Å². The average Bonchev–Trinajstić information content (AvgIpc) is 3.36. The third-order valence-corrected chi connectivity index (χ3v) is 6.23. The molecular formula is C17H24N2O4S. The van der Waals surface area contributed by atoms with Crippen LogP contribution in [0.15, 0.2) is 29.2 Å². The molecule has 1 aliphatic carbocycles. The Labute approximate surface area is 143 Å². The summed E-state index contributed by atoms with van der Waals surface area (Å²) in [7, 11) is -3.56. The topological polar surface area (TPSA) is 75.7 Å². The summed E-state index contributed by atoms with van der Waals surface area (Å²) in [5, 5.41) is 2.88. The van der Waals surface area contributed by atoms with Crippen molar-refractivity contribution in [2.45, 2.75) is 43.8 Å². The maximum Gasteiger partial charge on any atom is 0.251 e. The van der Waals surface area contributed by atoms with Crippen molar-refractivity contribution in [2.24, 2.45) is 5.92 Å². The molecule has 1 heterocycles. The monoisotopic (exact) mass is 352 g/mol. The summed E-state index contributed by atoms with van der Waals surface area (Å²) in [6, 6.07) is 6.16. The van der Waals surface area contributed by atoms with Crippen molar-refractivity contribution in [1.82, 2.24) is 9.62 Å². The highest BCUT2D eigenvalue weighted by atomic mass is 32.2. The van der Waals surface area contributed by atoms with Gasteiger partial charge >= 0.3 is 0 Å². The van der Waals surface area contributed by atoms with Gasteiger partial charge in [-0.05, 0) is 56.9 Å². The summed E-state index contributed by atoms with van der Waals surface area (Å²) in [4.78, 5) is 12.2. The van der Waals surface area contributed by atoms with E-state index in [4.69, 9.17) is 4.74 Å². The van der Waals surface area contributed by atoms with Crippen LogP contribution in [0.2, 0.25) is 0 Å². The number of nitrogens with one attached hydrogen (secondary N) is 1. The summed E-state index contributed by atoms with van der Waals surface area (Å²) >= 11 is 0. The molecule has 24 heavy (non-hydrogen) atoms. The molecule has 1 saturated carbocycles. The molecule has 0 radical (unpaired) electrons. The van der Waals surface area contributed by atoms with E-state index in [1.54, 1.807) is 12.1 Å². The van der Waals surface area contributed by atoms with Gasteiger partial charge in [0.1, 0.15) is 0 Å². The molecule has 2 aliphatic rings. The lowest BCUT2D eigenvalue weighted by Gasteiger charge is -2.34. The lowest BCUT2D eigenvalue weighted by Crippen LogP contribution is -2.48. The zero-order valence-corrected chi connectivity index (χ0v) is 14.9. The van der Waals surface area contributed by atoms with E-state index < -0.39 is 10.0 Å². The van der Waals surface area contributed by atoms with Crippen LogP contribution in [-0.4, -0.2) is 50.5 Å².